The number of benzene rings is 3. The van der Waals surface area contributed by atoms with E-state index in [4.69, 9.17) is 9.15 Å². The van der Waals surface area contributed by atoms with Crippen LogP contribution in [0, 0.1) is 5.82 Å². The molecule has 3 aromatic carbocycles. The standard InChI is InChI=1S/C34H32FN3O6/c1-2-37-21-26(34(41)42)33(40)25-18-27(35)29(19-28(25)37)38-14-12-36(13-15-38)11-6-16-43-23-9-10-24-30(39)20-31(44-32(24)17-23)22-7-4-3-5-8-22/h3-5,7-10,17-21H,2,6,11-16H2,1H3,(H,41,42). The number of carbonyl (C=O) groups is 1. The van der Waals surface area contributed by atoms with Crippen molar-refractivity contribution in [3.05, 3.63) is 105 Å². The molecule has 0 radical (unpaired) electrons. The molecule has 44 heavy (non-hydrogen) atoms. The van der Waals surface area contributed by atoms with Crippen LogP contribution in [0.1, 0.15) is 23.7 Å². The largest absolute Gasteiger partial charge is 0.493 e. The Morgan fingerprint density at radius 3 is 2.48 bits per heavy atom. The molecule has 10 heteroatoms. The van der Waals surface area contributed by atoms with Gasteiger partial charge in [0.1, 0.15) is 28.5 Å². The number of hydrogen-bond donors (Lipinski definition) is 1. The number of nitrogens with zero attached hydrogens (tertiary/aromatic N) is 3. The van der Waals surface area contributed by atoms with Crippen LogP contribution in [0.15, 0.2) is 86.9 Å². The summed E-state index contributed by atoms with van der Waals surface area (Å²) in [6.07, 6.45) is 2.11. The molecule has 0 saturated carbocycles. The van der Waals surface area contributed by atoms with E-state index >= 15 is 4.39 Å². The minimum atomic E-state index is -1.33. The summed E-state index contributed by atoms with van der Waals surface area (Å²) in [5, 5.41) is 9.95. The van der Waals surface area contributed by atoms with Gasteiger partial charge in [0.2, 0.25) is 5.43 Å². The second-order valence-electron chi connectivity index (χ2n) is 10.8. The molecule has 3 heterocycles. The summed E-state index contributed by atoms with van der Waals surface area (Å²) in [4.78, 5) is 41.1. The van der Waals surface area contributed by atoms with Gasteiger partial charge in [-0.2, -0.15) is 0 Å². The third kappa shape index (κ3) is 5.80. The minimum Gasteiger partial charge on any atom is -0.493 e. The SMILES string of the molecule is CCn1cc(C(=O)O)c(=O)c2cc(F)c(N3CCN(CCCOc4ccc5c(=O)cc(-c6ccccc6)oc5c4)CC3)cc21. The van der Waals surface area contributed by atoms with Crippen LogP contribution in [-0.2, 0) is 6.54 Å². The Hall–Kier alpha value is -4.96. The molecule has 0 spiro atoms. The smallest absolute Gasteiger partial charge is 0.341 e. The number of halogens is 1. The van der Waals surface area contributed by atoms with Gasteiger partial charge in [0.05, 0.1) is 23.2 Å². The van der Waals surface area contributed by atoms with Crippen molar-refractivity contribution in [2.75, 3.05) is 44.2 Å². The number of rotatable bonds is 9. The molecule has 1 aliphatic rings. The highest BCUT2D eigenvalue weighted by Crippen LogP contribution is 2.27. The fourth-order valence-electron chi connectivity index (χ4n) is 5.72. The Morgan fingerprint density at radius 1 is 0.977 bits per heavy atom. The van der Waals surface area contributed by atoms with Gasteiger partial charge in [-0.05, 0) is 37.6 Å². The second-order valence-corrected chi connectivity index (χ2v) is 10.8. The van der Waals surface area contributed by atoms with Crippen molar-refractivity contribution in [1.82, 2.24) is 9.47 Å². The second kappa shape index (κ2) is 12.3. The highest BCUT2D eigenvalue weighted by atomic mass is 19.1. The molecular formula is C34H32FN3O6. The van der Waals surface area contributed by atoms with E-state index in [0.717, 1.165) is 37.7 Å². The van der Waals surface area contributed by atoms with Crippen LogP contribution in [0.5, 0.6) is 5.75 Å². The molecule has 5 aromatic rings. The maximum Gasteiger partial charge on any atom is 0.341 e. The van der Waals surface area contributed by atoms with Crippen molar-refractivity contribution in [2.45, 2.75) is 19.9 Å². The lowest BCUT2D eigenvalue weighted by Crippen LogP contribution is -2.47. The van der Waals surface area contributed by atoms with Crippen LogP contribution in [0.2, 0.25) is 0 Å². The minimum absolute atomic E-state index is 0.0665. The first-order valence-corrected chi connectivity index (χ1v) is 14.7. The number of carboxylic acids is 1. The summed E-state index contributed by atoms with van der Waals surface area (Å²) in [7, 11) is 0. The van der Waals surface area contributed by atoms with E-state index in [1.807, 2.05) is 42.2 Å². The molecule has 6 rings (SSSR count). The Morgan fingerprint density at radius 2 is 1.75 bits per heavy atom. The van der Waals surface area contributed by atoms with Crippen molar-refractivity contribution in [1.29, 1.82) is 0 Å². The lowest BCUT2D eigenvalue weighted by Gasteiger charge is -2.36. The first-order chi connectivity index (χ1) is 21.3. The molecule has 1 saturated heterocycles. The fourth-order valence-corrected chi connectivity index (χ4v) is 5.72. The zero-order valence-corrected chi connectivity index (χ0v) is 24.3. The van der Waals surface area contributed by atoms with Crippen molar-refractivity contribution < 1.29 is 23.4 Å². The van der Waals surface area contributed by atoms with Gasteiger partial charge in [0, 0.05) is 68.5 Å². The molecule has 0 bridgehead atoms. The van der Waals surface area contributed by atoms with Gasteiger partial charge >= 0.3 is 5.97 Å². The van der Waals surface area contributed by atoms with E-state index in [0.29, 0.717) is 59.9 Å². The predicted octanol–water partition coefficient (Wildman–Crippen LogP) is 5.22. The Kier molecular flexibility index (Phi) is 8.17. The highest BCUT2D eigenvalue weighted by Gasteiger charge is 2.22. The molecular weight excluding hydrogens is 565 g/mol. The van der Waals surface area contributed by atoms with Crippen molar-refractivity contribution >= 4 is 33.5 Å². The van der Waals surface area contributed by atoms with Crippen LogP contribution in [0.25, 0.3) is 33.2 Å². The number of hydrogen-bond acceptors (Lipinski definition) is 7. The number of fused-ring (bicyclic) bond motifs is 2. The molecule has 2 aromatic heterocycles. The van der Waals surface area contributed by atoms with E-state index in [9.17, 15) is 19.5 Å². The van der Waals surface area contributed by atoms with Gasteiger partial charge in [0.15, 0.2) is 5.43 Å². The molecule has 0 aliphatic carbocycles. The van der Waals surface area contributed by atoms with Gasteiger partial charge in [-0.15, -0.1) is 0 Å². The van der Waals surface area contributed by atoms with Crippen molar-refractivity contribution in [3.63, 3.8) is 0 Å². The van der Waals surface area contributed by atoms with Crippen molar-refractivity contribution in [2.24, 2.45) is 0 Å². The summed E-state index contributed by atoms with van der Waals surface area (Å²) < 4.78 is 28.9. The summed E-state index contributed by atoms with van der Waals surface area (Å²) in [6, 6.07) is 19.1. The topological polar surface area (TPSA) is 105 Å². The van der Waals surface area contributed by atoms with E-state index in [-0.39, 0.29) is 16.4 Å². The molecule has 226 valence electrons. The van der Waals surface area contributed by atoms with E-state index in [1.165, 1.54) is 12.3 Å². The summed E-state index contributed by atoms with van der Waals surface area (Å²) in [6.45, 7) is 6.28. The highest BCUT2D eigenvalue weighted by molar-refractivity contribution is 5.93. The number of carboxylic acid groups (broad SMARTS) is 1. The zero-order valence-electron chi connectivity index (χ0n) is 24.3. The Labute approximate surface area is 252 Å². The van der Waals surface area contributed by atoms with Gasteiger partial charge in [-0.3, -0.25) is 14.5 Å². The van der Waals surface area contributed by atoms with E-state index < -0.39 is 17.2 Å². The maximum absolute atomic E-state index is 15.2. The number of piperazine rings is 1. The number of anilines is 1. The summed E-state index contributed by atoms with van der Waals surface area (Å²) in [5.41, 5.74) is 1.08. The monoisotopic (exact) mass is 597 g/mol. The number of ether oxygens (including phenoxy) is 1. The summed E-state index contributed by atoms with van der Waals surface area (Å²) in [5.74, 6) is -0.726. The maximum atomic E-state index is 15.2. The third-order valence-electron chi connectivity index (χ3n) is 8.08. The predicted molar refractivity (Wildman–Crippen MR) is 167 cm³/mol. The van der Waals surface area contributed by atoms with Crippen LogP contribution < -0.4 is 20.5 Å². The Balaban J connectivity index is 1.06. The van der Waals surface area contributed by atoms with Crippen LogP contribution in [0.3, 0.4) is 0 Å². The van der Waals surface area contributed by atoms with Crippen LogP contribution >= 0.6 is 0 Å². The molecule has 1 aliphatic heterocycles. The average molecular weight is 598 g/mol. The lowest BCUT2D eigenvalue weighted by molar-refractivity contribution is 0.0695. The van der Waals surface area contributed by atoms with Crippen molar-refractivity contribution in [3.8, 4) is 17.1 Å². The Bertz CT molecular complexity index is 1960. The quantitative estimate of drug-likeness (QED) is 0.231. The number of aromatic carboxylic acids is 1. The molecule has 9 nitrogen and oxygen atoms in total. The third-order valence-corrected chi connectivity index (χ3v) is 8.08. The van der Waals surface area contributed by atoms with Crippen LogP contribution in [0.4, 0.5) is 10.1 Å². The normalized spacial score (nSPS) is 13.9. The number of aromatic nitrogens is 1. The lowest BCUT2D eigenvalue weighted by atomic mass is 10.1. The number of pyridine rings is 1. The van der Waals surface area contributed by atoms with Gasteiger partial charge in [0.25, 0.3) is 0 Å². The van der Waals surface area contributed by atoms with Crippen LogP contribution in [-0.4, -0.2) is 59.9 Å². The molecule has 0 unspecified atom stereocenters. The first-order valence-electron chi connectivity index (χ1n) is 14.7. The molecule has 1 fully saturated rings. The molecule has 1 N–H and O–H groups in total. The van der Waals surface area contributed by atoms with E-state index in [1.54, 1.807) is 28.8 Å². The van der Waals surface area contributed by atoms with Gasteiger partial charge in [-0.1, -0.05) is 30.3 Å². The van der Waals surface area contributed by atoms with Gasteiger partial charge < -0.3 is 23.7 Å². The fraction of sp³-hybridized carbons (Fsp3) is 0.265. The van der Waals surface area contributed by atoms with E-state index in [2.05, 4.69) is 4.90 Å². The number of aryl methyl sites for hydroxylation is 1. The van der Waals surface area contributed by atoms with Gasteiger partial charge in [-0.25, -0.2) is 9.18 Å². The first kappa shape index (κ1) is 29.1. The molecule has 0 amide bonds. The average Bonchev–Trinajstić information content (AvgIpc) is 3.03. The molecule has 0 atom stereocenters. The zero-order chi connectivity index (χ0) is 30.8. The summed E-state index contributed by atoms with van der Waals surface area (Å²) >= 11 is 0.